The van der Waals surface area contributed by atoms with Crippen LogP contribution in [0.2, 0.25) is 0 Å². The molecule has 1 N–H and O–H groups in total. The van der Waals surface area contributed by atoms with Crippen LogP contribution in [0.15, 0.2) is 24.4 Å². The van der Waals surface area contributed by atoms with E-state index in [-0.39, 0.29) is 10.6 Å². The number of hydrogen-bond donors (Lipinski definition) is 1. The van der Waals surface area contributed by atoms with Gasteiger partial charge in [0, 0.05) is 18.8 Å². The maximum absolute atomic E-state index is 11.0. The van der Waals surface area contributed by atoms with Gasteiger partial charge in [0.05, 0.1) is 21.9 Å². The number of rotatable bonds is 5. The van der Waals surface area contributed by atoms with E-state index in [1.54, 1.807) is 17.7 Å². The summed E-state index contributed by atoms with van der Waals surface area (Å²) < 4.78 is 1.71. The van der Waals surface area contributed by atoms with Crippen LogP contribution in [0.1, 0.15) is 23.7 Å². The van der Waals surface area contributed by atoms with E-state index in [0.717, 1.165) is 23.5 Å². The molecule has 0 radical (unpaired) electrons. The molecule has 0 aliphatic rings. The van der Waals surface area contributed by atoms with Gasteiger partial charge < -0.3 is 5.32 Å². The van der Waals surface area contributed by atoms with Gasteiger partial charge in [-0.25, -0.2) is 4.68 Å². The number of hydrogen-bond acceptors (Lipinski definition) is 4. The number of aromatic nitrogens is 2. The molecule has 1 aromatic heterocycles. The predicted octanol–water partition coefficient (Wildman–Crippen LogP) is 2.51. The second-order valence-electron chi connectivity index (χ2n) is 4.66. The van der Waals surface area contributed by atoms with Crippen LogP contribution in [0.3, 0.4) is 0 Å². The molecule has 1 heterocycles. The molecule has 0 saturated heterocycles. The fourth-order valence-electron chi connectivity index (χ4n) is 2.21. The highest BCUT2D eigenvalue weighted by Crippen LogP contribution is 2.27. The first kappa shape index (κ1) is 14.2. The number of benzene rings is 1. The largest absolute Gasteiger partial charge is 0.311 e. The van der Waals surface area contributed by atoms with E-state index in [4.69, 9.17) is 0 Å². The van der Waals surface area contributed by atoms with Crippen molar-refractivity contribution >= 4 is 5.69 Å². The van der Waals surface area contributed by atoms with Gasteiger partial charge in [-0.2, -0.15) is 5.10 Å². The lowest BCUT2D eigenvalue weighted by atomic mass is 10.1. The van der Waals surface area contributed by atoms with Crippen LogP contribution in [0.5, 0.6) is 0 Å². The molecule has 0 aliphatic heterocycles. The van der Waals surface area contributed by atoms with Gasteiger partial charge in [0.25, 0.3) is 5.69 Å². The van der Waals surface area contributed by atoms with E-state index in [9.17, 15) is 10.1 Å². The molecule has 0 fully saturated rings. The molecule has 0 saturated carbocycles. The third-order valence-corrected chi connectivity index (χ3v) is 3.23. The highest BCUT2D eigenvalue weighted by molar-refractivity contribution is 5.56. The Bertz CT molecular complexity index is 634. The Morgan fingerprint density at radius 2 is 2.10 bits per heavy atom. The molecule has 1 aromatic carbocycles. The number of aryl methyl sites for hydroxylation is 1. The highest BCUT2D eigenvalue weighted by Gasteiger charge is 2.17. The molecule has 0 unspecified atom stereocenters. The van der Waals surface area contributed by atoms with Gasteiger partial charge in [0.1, 0.15) is 0 Å². The molecule has 0 amide bonds. The van der Waals surface area contributed by atoms with Crippen molar-refractivity contribution in [2.75, 3.05) is 6.54 Å². The third-order valence-electron chi connectivity index (χ3n) is 3.23. The first-order chi connectivity index (χ1) is 9.54. The Kier molecular flexibility index (Phi) is 4.14. The second-order valence-corrected chi connectivity index (χ2v) is 4.66. The Morgan fingerprint density at radius 1 is 1.35 bits per heavy atom. The van der Waals surface area contributed by atoms with Crippen LogP contribution < -0.4 is 5.32 Å². The third kappa shape index (κ3) is 2.70. The van der Waals surface area contributed by atoms with Crippen molar-refractivity contribution in [1.29, 1.82) is 0 Å². The normalized spacial score (nSPS) is 10.8. The van der Waals surface area contributed by atoms with E-state index in [1.807, 2.05) is 26.1 Å². The van der Waals surface area contributed by atoms with Crippen LogP contribution in [-0.2, 0) is 6.54 Å². The summed E-state index contributed by atoms with van der Waals surface area (Å²) in [6.45, 7) is 7.29. The number of nitro benzene ring substituents is 1. The summed E-state index contributed by atoms with van der Waals surface area (Å²) in [4.78, 5) is 10.7. The lowest BCUT2D eigenvalue weighted by Crippen LogP contribution is -2.12. The fraction of sp³-hybridized carbons (Fsp3) is 0.357. The van der Waals surface area contributed by atoms with Gasteiger partial charge in [-0.3, -0.25) is 10.1 Å². The summed E-state index contributed by atoms with van der Waals surface area (Å²) in [5.41, 5.74) is 3.41. The zero-order chi connectivity index (χ0) is 14.7. The molecule has 0 aliphatic carbocycles. The fourth-order valence-corrected chi connectivity index (χ4v) is 2.21. The molecule has 0 bridgehead atoms. The molecule has 6 heteroatoms. The van der Waals surface area contributed by atoms with E-state index in [1.165, 1.54) is 6.07 Å². The topological polar surface area (TPSA) is 73.0 Å². The molecule has 0 atom stereocenters. The van der Waals surface area contributed by atoms with Crippen molar-refractivity contribution in [1.82, 2.24) is 15.1 Å². The standard InChI is InChI=1S/C14H18N4O2/c1-4-15-9-12-7-8-17(16-12)14-10(2)5-6-13(11(14)3)18(19)20/h5-8,15H,4,9H2,1-3H3. The lowest BCUT2D eigenvalue weighted by Gasteiger charge is -2.10. The Hall–Kier alpha value is -2.21. The second kappa shape index (κ2) is 5.83. The van der Waals surface area contributed by atoms with Gasteiger partial charge in [-0.1, -0.05) is 13.0 Å². The van der Waals surface area contributed by atoms with Gasteiger partial charge in [0.2, 0.25) is 0 Å². The van der Waals surface area contributed by atoms with Crippen molar-refractivity contribution in [3.63, 3.8) is 0 Å². The van der Waals surface area contributed by atoms with Crippen molar-refractivity contribution < 1.29 is 4.92 Å². The van der Waals surface area contributed by atoms with Crippen molar-refractivity contribution in [2.45, 2.75) is 27.3 Å². The SMILES string of the molecule is CCNCc1ccn(-c2c(C)ccc([N+](=O)[O-])c2C)n1. The summed E-state index contributed by atoms with van der Waals surface area (Å²) in [5.74, 6) is 0. The quantitative estimate of drug-likeness (QED) is 0.671. The van der Waals surface area contributed by atoms with E-state index in [0.29, 0.717) is 12.1 Å². The van der Waals surface area contributed by atoms with E-state index in [2.05, 4.69) is 10.4 Å². The monoisotopic (exact) mass is 274 g/mol. The first-order valence-electron chi connectivity index (χ1n) is 6.54. The summed E-state index contributed by atoms with van der Waals surface area (Å²) >= 11 is 0. The molecule has 2 rings (SSSR count). The first-order valence-corrected chi connectivity index (χ1v) is 6.54. The zero-order valence-electron chi connectivity index (χ0n) is 11.9. The lowest BCUT2D eigenvalue weighted by molar-refractivity contribution is -0.385. The molecule has 0 spiro atoms. The van der Waals surface area contributed by atoms with Crippen molar-refractivity contribution in [3.05, 3.63) is 51.3 Å². The maximum Gasteiger partial charge on any atom is 0.274 e. The predicted molar refractivity (Wildman–Crippen MR) is 77.1 cm³/mol. The Morgan fingerprint density at radius 3 is 2.75 bits per heavy atom. The average molecular weight is 274 g/mol. The van der Waals surface area contributed by atoms with E-state index >= 15 is 0 Å². The minimum absolute atomic E-state index is 0.120. The maximum atomic E-state index is 11.0. The molecular weight excluding hydrogens is 256 g/mol. The van der Waals surface area contributed by atoms with Crippen molar-refractivity contribution in [3.8, 4) is 5.69 Å². The average Bonchev–Trinajstić information content (AvgIpc) is 2.84. The molecular formula is C14H18N4O2. The zero-order valence-corrected chi connectivity index (χ0v) is 11.9. The van der Waals surface area contributed by atoms with Crippen LogP contribution in [-0.4, -0.2) is 21.2 Å². The number of nitrogens with one attached hydrogen (secondary N) is 1. The van der Waals surface area contributed by atoms with Gasteiger partial charge in [-0.05, 0) is 32.0 Å². The summed E-state index contributed by atoms with van der Waals surface area (Å²) in [6.07, 6.45) is 1.84. The minimum atomic E-state index is -0.360. The van der Waals surface area contributed by atoms with Gasteiger partial charge in [0.15, 0.2) is 0 Å². The molecule has 6 nitrogen and oxygen atoms in total. The van der Waals surface area contributed by atoms with Crippen molar-refractivity contribution in [2.24, 2.45) is 0 Å². The van der Waals surface area contributed by atoms with Gasteiger partial charge in [-0.15, -0.1) is 0 Å². The number of nitro groups is 1. The Balaban J connectivity index is 2.44. The van der Waals surface area contributed by atoms with Gasteiger partial charge >= 0.3 is 0 Å². The smallest absolute Gasteiger partial charge is 0.274 e. The van der Waals surface area contributed by atoms with Crippen LogP contribution in [0.25, 0.3) is 5.69 Å². The Labute approximate surface area is 117 Å². The molecule has 2 aromatic rings. The summed E-state index contributed by atoms with van der Waals surface area (Å²) in [6, 6.07) is 5.21. The summed E-state index contributed by atoms with van der Waals surface area (Å²) in [5, 5.41) is 18.7. The molecule has 20 heavy (non-hydrogen) atoms. The summed E-state index contributed by atoms with van der Waals surface area (Å²) in [7, 11) is 0. The van der Waals surface area contributed by atoms with E-state index < -0.39 is 0 Å². The van der Waals surface area contributed by atoms with Crippen LogP contribution in [0.4, 0.5) is 5.69 Å². The number of nitrogens with zero attached hydrogens (tertiary/aromatic N) is 3. The minimum Gasteiger partial charge on any atom is -0.311 e. The molecule has 106 valence electrons. The highest BCUT2D eigenvalue weighted by atomic mass is 16.6. The van der Waals surface area contributed by atoms with Crippen LogP contribution >= 0.6 is 0 Å². The van der Waals surface area contributed by atoms with Crippen LogP contribution in [0, 0.1) is 24.0 Å².